The molecular formula is C32H27BrF3N3O2. The Kier molecular flexibility index (Phi) is 7.71. The number of ether oxygens (including phenoxy) is 1. The van der Waals surface area contributed by atoms with Crippen molar-refractivity contribution < 1.29 is 22.7 Å². The monoisotopic (exact) mass is 621 g/mol. The number of alkyl halides is 3. The molecule has 2 aliphatic rings. The number of nitrogens with two attached hydrogens (primary N) is 1. The fourth-order valence-corrected chi connectivity index (χ4v) is 5.88. The number of hydrogen-bond acceptors (Lipinski definition) is 5. The van der Waals surface area contributed by atoms with Crippen molar-refractivity contribution in [3.63, 3.8) is 0 Å². The van der Waals surface area contributed by atoms with Crippen molar-refractivity contribution in [1.82, 2.24) is 0 Å². The molecule has 0 saturated heterocycles. The van der Waals surface area contributed by atoms with Crippen LogP contribution in [0.4, 0.5) is 18.9 Å². The Balaban J connectivity index is 1.63. The van der Waals surface area contributed by atoms with E-state index in [1.807, 2.05) is 50.2 Å². The maximum Gasteiger partial charge on any atom is 0.416 e. The quantitative estimate of drug-likeness (QED) is 0.312. The number of nitrogens with zero attached hydrogens (tertiary/aromatic N) is 2. The molecule has 41 heavy (non-hydrogen) atoms. The van der Waals surface area contributed by atoms with Crippen LogP contribution in [0.1, 0.15) is 53.0 Å². The number of carbonyl (C=O) groups excluding carboxylic acids is 1. The van der Waals surface area contributed by atoms with E-state index < -0.39 is 17.7 Å². The SMILES string of the molecule is Cc1cc(COc2ccc(Br)cc2)c(C)c(C2C(C#N)=C(N)N(c3cccc(C(F)(F)F)c3)C3=C2C(=O)CCC3)c1. The molecule has 1 aliphatic carbocycles. The highest BCUT2D eigenvalue weighted by atomic mass is 79.9. The van der Waals surface area contributed by atoms with Gasteiger partial charge in [0.2, 0.25) is 0 Å². The molecule has 0 amide bonds. The summed E-state index contributed by atoms with van der Waals surface area (Å²) in [5.41, 5.74) is 10.4. The molecule has 0 radical (unpaired) electrons. The first-order valence-electron chi connectivity index (χ1n) is 13.1. The molecule has 210 valence electrons. The fraction of sp³-hybridized carbons (Fsp3) is 0.250. The van der Waals surface area contributed by atoms with Gasteiger partial charge in [-0.3, -0.25) is 9.69 Å². The number of benzene rings is 3. The van der Waals surface area contributed by atoms with Gasteiger partial charge in [0.05, 0.1) is 23.1 Å². The lowest BCUT2D eigenvalue weighted by Crippen LogP contribution is -2.39. The van der Waals surface area contributed by atoms with Crippen molar-refractivity contribution in [3.05, 3.63) is 116 Å². The minimum Gasteiger partial charge on any atom is -0.489 e. The molecule has 0 spiro atoms. The summed E-state index contributed by atoms with van der Waals surface area (Å²) in [7, 11) is 0. The van der Waals surface area contributed by atoms with Crippen molar-refractivity contribution in [3.8, 4) is 11.8 Å². The highest BCUT2D eigenvalue weighted by molar-refractivity contribution is 9.10. The Morgan fingerprint density at radius 1 is 1.10 bits per heavy atom. The summed E-state index contributed by atoms with van der Waals surface area (Å²) < 4.78 is 47.7. The molecule has 5 nitrogen and oxygen atoms in total. The van der Waals surface area contributed by atoms with Gasteiger partial charge in [-0.25, -0.2) is 0 Å². The molecule has 2 N–H and O–H groups in total. The number of rotatable bonds is 5. The van der Waals surface area contributed by atoms with Crippen molar-refractivity contribution in [1.29, 1.82) is 5.26 Å². The van der Waals surface area contributed by atoms with Crippen molar-refractivity contribution in [2.75, 3.05) is 4.90 Å². The molecule has 3 aromatic carbocycles. The molecule has 1 atom stereocenters. The molecule has 3 aromatic rings. The van der Waals surface area contributed by atoms with Gasteiger partial charge < -0.3 is 10.5 Å². The average Bonchev–Trinajstić information content (AvgIpc) is 2.93. The third kappa shape index (κ3) is 5.49. The van der Waals surface area contributed by atoms with Crippen molar-refractivity contribution in [2.24, 2.45) is 5.73 Å². The van der Waals surface area contributed by atoms with Gasteiger partial charge in [-0.1, -0.05) is 39.7 Å². The minimum absolute atomic E-state index is 0.0267. The summed E-state index contributed by atoms with van der Waals surface area (Å²) in [6, 6.07) is 18.4. The summed E-state index contributed by atoms with van der Waals surface area (Å²) in [5.74, 6) is -0.156. The largest absolute Gasteiger partial charge is 0.489 e. The van der Waals surface area contributed by atoms with Crippen LogP contribution in [0, 0.1) is 25.2 Å². The van der Waals surface area contributed by atoms with E-state index in [1.165, 1.54) is 17.0 Å². The summed E-state index contributed by atoms with van der Waals surface area (Å²) in [6.45, 7) is 4.13. The molecule has 1 aliphatic heterocycles. The smallest absolute Gasteiger partial charge is 0.416 e. The van der Waals surface area contributed by atoms with Crippen LogP contribution >= 0.6 is 15.9 Å². The molecule has 1 unspecified atom stereocenters. The third-order valence-electron chi connectivity index (χ3n) is 7.56. The van der Waals surface area contributed by atoms with E-state index in [0.29, 0.717) is 29.9 Å². The molecule has 0 fully saturated rings. The molecular weight excluding hydrogens is 595 g/mol. The summed E-state index contributed by atoms with van der Waals surface area (Å²) in [5, 5.41) is 10.4. The van der Waals surface area contributed by atoms with E-state index in [-0.39, 0.29) is 35.9 Å². The number of Topliss-reactive ketones (excluding diaryl/α,β-unsaturated/α-hetero) is 1. The van der Waals surface area contributed by atoms with Gasteiger partial charge >= 0.3 is 6.18 Å². The van der Waals surface area contributed by atoms with E-state index in [4.69, 9.17) is 10.5 Å². The number of halogens is 4. The zero-order valence-corrected chi connectivity index (χ0v) is 24.1. The Labute approximate surface area is 244 Å². The van der Waals surface area contributed by atoms with Crippen LogP contribution in [0.25, 0.3) is 0 Å². The second kappa shape index (κ2) is 11.1. The van der Waals surface area contributed by atoms with E-state index in [2.05, 4.69) is 22.0 Å². The Bertz CT molecular complexity index is 1640. The summed E-state index contributed by atoms with van der Waals surface area (Å²) >= 11 is 3.42. The van der Waals surface area contributed by atoms with Gasteiger partial charge in [0.1, 0.15) is 18.2 Å². The van der Waals surface area contributed by atoms with Crippen molar-refractivity contribution in [2.45, 2.75) is 51.8 Å². The highest BCUT2D eigenvalue weighted by Gasteiger charge is 2.41. The highest BCUT2D eigenvalue weighted by Crippen LogP contribution is 2.48. The van der Waals surface area contributed by atoms with Gasteiger partial charge in [-0.15, -0.1) is 0 Å². The Hall–Kier alpha value is -4.03. The number of ketones is 1. The summed E-state index contributed by atoms with van der Waals surface area (Å²) in [6.07, 6.45) is -3.29. The molecule has 0 aromatic heterocycles. The number of nitriles is 1. The lowest BCUT2D eigenvalue weighted by Gasteiger charge is -2.40. The minimum atomic E-state index is -4.56. The van der Waals surface area contributed by atoms with E-state index in [1.54, 1.807) is 0 Å². The lowest BCUT2D eigenvalue weighted by molar-refractivity contribution is -0.137. The van der Waals surface area contributed by atoms with Gasteiger partial charge in [0, 0.05) is 27.9 Å². The predicted octanol–water partition coefficient (Wildman–Crippen LogP) is 7.97. The van der Waals surface area contributed by atoms with Gasteiger partial charge in [-0.05, 0) is 85.8 Å². The van der Waals surface area contributed by atoms with E-state index >= 15 is 0 Å². The summed E-state index contributed by atoms with van der Waals surface area (Å²) in [4.78, 5) is 15.0. The Morgan fingerprint density at radius 2 is 1.83 bits per heavy atom. The van der Waals surface area contributed by atoms with Crippen LogP contribution in [0.3, 0.4) is 0 Å². The number of allylic oxidation sites excluding steroid dienone is 3. The van der Waals surface area contributed by atoms with Crippen molar-refractivity contribution >= 4 is 27.4 Å². The first-order valence-corrected chi connectivity index (χ1v) is 13.9. The topological polar surface area (TPSA) is 79.3 Å². The molecule has 0 bridgehead atoms. The third-order valence-corrected chi connectivity index (χ3v) is 8.09. The number of anilines is 1. The van der Waals surface area contributed by atoms with Crippen LogP contribution < -0.4 is 15.4 Å². The van der Waals surface area contributed by atoms with E-state index in [0.717, 1.165) is 38.9 Å². The van der Waals surface area contributed by atoms with Gasteiger partial charge in [-0.2, -0.15) is 18.4 Å². The normalized spacial score (nSPS) is 17.4. The van der Waals surface area contributed by atoms with Crippen LogP contribution in [-0.2, 0) is 17.6 Å². The van der Waals surface area contributed by atoms with Gasteiger partial charge in [0.25, 0.3) is 0 Å². The maximum atomic E-state index is 13.6. The zero-order chi connectivity index (χ0) is 29.5. The second-order valence-electron chi connectivity index (χ2n) is 10.2. The number of carbonyl (C=O) groups is 1. The number of aryl methyl sites for hydroxylation is 1. The lowest BCUT2D eigenvalue weighted by atomic mass is 9.73. The van der Waals surface area contributed by atoms with Crippen LogP contribution in [0.2, 0.25) is 0 Å². The molecule has 1 heterocycles. The maximum absolute atomic E-state index is 13.6. The van der Waals surface area contributed by atoms with E-state index in [9.17, 15) is 23.2 Å². The zero-order valence-electron chi connectivity index (χ0n) is 22.5. The molecule has 5 rings (SSSR count). The predicted molar refractivity (Wildman–Crippen MR) is 154 cm³/mol. The standard InChI is InChI=1S/C32H27BrF3N3O2/c1-18-13-20(17-41-24-11-9-22(33)10-12-24)19(2)25(14-18)29-26(16-37)31(38)39(27-7-4-8-28(40)30(27)29)23-6-3-5-21(15-23)32(34,35)36/h3,5-6,9-15,29H,4,7-8,17,38H2,1-2H3. The molecule has 0 saturated carbocycles. The fourth-order valence-electron chi connectivity index (χ4n) is 5.62. The van der Waals surface area contributed by atoms with Crippen LogP contribution in [0.15, 0.2) is 87.8 Å². The first-order chi connectivity index (χ1) is 19.5. The average molecular weight is 622 g/mol. The van der Waals surface area contributed by atoms with Gasteiger partial charge in [0.15, 0.2) is 5.78 Å². The first kappa shape index (κ1) is 28.5. The Morgan fingerprint density at radius 3 is 2.51 bits per heavy atom. The molecule has 9 heteroatoms. The second-order valence-corrected chi connectivity index (χ2v) is 11.2. The van der Waals surface area contributed by atoms with Crippen LogP contribution in [-0.4, -0.2) is 5.78 Å². The number of hydrogen-bond donors (Lipinski definition) is 1. The van der Waals surface area contributed by atoms with Crippen LogP contribution in [0.5, 0.6) is 5.75 Å².